The van der Waals surface area contributed by atoms with Crippen molar-refractivity contribution < 1.29 is 23.8 Å². The third-order valence-electron chi connectivity index (χ3n) is 6.52. The first kappa shape index (κ1) is 24.1. The highest BCUT2D eigenvalue weighted by molar-refractivity contribution is 6.07. The van der Waals surface area contributed by atoms with Crippen LogP contribution < -0.4 is 10.1 Å². The molecule has 2 aromatic rings. The Hall–Kier alpha value is -4.06. The van der Waals surface area contributed by atoms with Gasteiger partial charge in [-0.05, 0) is 71.7 Å². The van der Waals surface area contributed by atoms with Crippen molar-refractivity contribution in [3.63, 3.8) is 0 Å². The lowest BCUT2D eigenvalue weighted by molar-refractivity contribution is -0.120. The summed E-state index contributed by atoms with van der Waals surface area (Å²) in [7, 11) is 4.56. The molecule has 2 aromatic carbocycles. The molecule has 2 unspecified atom stereocenters. The monoisotopic (exact) mass is 471 g/mol. The normalized spacial score (nSPS) is 17.8. The number of methoxy groups -OCH3 is 3. The van der Waals surface area contributed by atoms with E-state index in [1.54, 1.807) is 19.3 Å². The first-order valence-electron chi connectivity index (χ1n) is 11.4. The summed E-state index contributed by atoms with van der Waals surface area (Å²) >= 11 is 0. The number of fused-ring (bicyclic) bond motifs is 1. The first-order valence-corrected chi connectivity index (χ1v) is 11.4. The maximum atomic E-state index is 13.2. The van der Waals surface area contributed by atoms with Gasteiger partial charge < -0.3 is 19.5 Å². The number of rotatable bonds is 7. The summed E-state index contributed by atoms with van der Waals surface area (Å²) in [6, 6.07) is 15.4. The van der Waals surface area contributed by atoms with Crippen molar-refractivity contribution in [3.05, 3.63) is 101 Å². The van der Waals surface area contributed by atoms with Gasteiger partial charge in [-0.25, -0.2) is 0 Å². The van der Waals surface area contributed by atoms with Crippen LogP contribution in [0.5, 0.6) is 5.75 Å². The molecule has 4 rings (SSSR count). The fourth-order valence-electron chi connectivity index (χ4n) is 4.70. The number of hydrogen-bond acceptors (Lipinski definition) is 5. The number of Topliss-reactive ketones (excluding diaryl/α,β-unsaturated/α-hetero) is 1. The van der Waals surface area contributed by atoms with Crippen molar-refractivity contribution in [3.8, 4) is 5.75 Å². The highest BCUT2D eigenvalue weighted by Gasteiger charge is 2.35. The molecule has 6 nitrogen and oxygen atoms in total. The molecule has 0 saturated heterocycles. The van der Waals surface area contributed by atoms with Crippen LogP contribution in [0.4, 0.5) is 5.69 Å². The summed E-state index contributed by atoms with van der Waals surface area (Å²) in [6.45, 7) is 3.99. The van der Waals surface area contributed by atoms with Gasteiger partial charge in [-0.2, -0.15) is 0 Å². The zero-order valence-electron chi connectivity index (χ0n) is 20.5. The van der Waals surface area contributed by atoms with E-state index >= 15 is 0 Å². The number of allylic oxidation sites excluding steroid dienone is 6. The zero-order valence-corrected chi connectivity index (χ0v) is 20.5. The molecule has 0 aromatic heterocycles. The third-order valence-corrected chi connectivity index (χ3v) is 6.52. The Morgan fingerprint density at radius 1 is 0.971 bits per heavy atom. The van der Waals surface area contributed by atoms with Crippen LogP contribution in [0.1, 0.15) is 30.9 Å². The summed E-state index contributed by atoms with van der Waals surface area (Å²) in [5.74, 6) is 0.339. The van der Waals surface area contributed by atoms with Gasteiger partial charge >= 0.3 is 0 Å². The molecule has 2 aliphatic carbocycles. The summed E-state index contributed by atoms with van der Waals surface area (Å²) in [6.07, 6.45) is 5.41. The van der Waals surface area contributed by atoms with Crippen molar-refractivity contribution in [2.45, 2.75) is 19.8 Å². The fourth-order valence-corrected chi connectivity index (χ4v) is 4.70. The van der Waals surface area contributed by atoms with E-state index in [4.69, 9.17) is 14.2 Å². The molecule has 0 fully saturated rings. The summed E-state index contributed by atoms with van der Waals surface area (Å²) in [4.78, 5) is 25.6. The van der Waals surface area contributed by atoms with Crippen molar-refractivity contribution in [2.24, 2.45) is 5.92 Å². The fraction of sp³-hybridized carbons (Fsp3) is 0.241. The van der Waals surface area contributed by atoms with E-state index in [9.17, 15) is 9.59 Å². The molecule has 0 heterocycles. The Labute approximate surface area is 205 Å². The van der Waals surface area contributed by atoms with Crippen LogP contribution in [-0.4, -0.2) is 33.0 Å². The van der Waals surface area contributed by atoms with Crippen LogP contribution in [0.25, 0.3) is 5.57 Å². The Bertz CT molecular complexity index is 1260. The Balaban J connectivity index is 1.77. The molecule has 0 bridgehead atoms. The second kappa shape index (κ2) is 10.1. The number of ether oxygens (including phenoxy) is 3. The number of amides is 1. The maximum Gasteiger partial charge on any atom is 0.261 e. The van der Waals surface area contributed by atoms with Crippen molar-refractivity contribution in [2.75, 3.05) is 26.6 Å². The number of carbonyl (C=O) groups excluding carboxylic acids is 2. The molecule has 1 amide bonds. The molecule has 0 spiro atoms. The van der Waals surface area contributed by atoms with Gasteiger partial charge in [0.25, 0.3) is 5.78 Å². The van der Waals surface area contributed by atoms with E-state index < -0.39 is 0 Å². The smallest absolute Gasteiger partial charge is 0.261 e. The van der Waals surface area contributed by atoms with E-state index in [-0.39, 0.29) is 35.0 Å². The van der Waals surface area contributed by atoms with E-state index in [0.29, 0.717) is 0 Å². The SMILES string of the molecule is COC1=CC(=CC2=C(C)C(C(C)C(=O)Nc3ccccc3)c3cc(OC)ccc32)C=C(OC)C1=O. The summed E-state index contributed by atoms with van der Waals surface area (Å²) in [5, 5.41) is 3.03. The molecule has 0 saturated carbocycles. The lowest BCUT2D eigenvalue weighted by atomic mass is 9.84. The van der Waals surface area contributed by atoms with Gasteiger partial charge in [0.15, 0.2) is 11.5 Å². The highest BCUT2D eigenvalue weighted by atomic mass is 16.5. The molecule has 0 aliphatic heterocycles. The Morgan fingerprint density at radius 3 is 2.23 bits per heavy atom. The van der Waals surface area contributed by atoms with Gasteiger partial charge in [-0.1, -0.05) is 36.8 Å². The average molecular weight is 472 g/mol. The lowest BCUT2D eigenvalue weighted by Crippen LogP contribution is -2.26. The number of nitrogens with one attached hydrogen (secondary N) is 1. The van der Waals surface area contributed by atoms with Gasteiger partial charge in [-0.3, -0.25) is 9.59 Å². The van der Waals surface area contributed by atoms with Crippen molar-refractivity contribution >= 4 is 23.0 Å². The quantitative estimate of drug-likeness (QED) is 0.585. The molecule has 180 valence electrons. The van der Waals surface area contributed by atoms with Crippen LogP contribution >= 0.6 is 0 Å². The van der Waals surface area contributed by atoms with Crippen molar-refractivity contribution in [1.82, 2.24) is 0 Å². The first-order chi connectivity index (χ1) is 16.9. The van der Waals surface area contributed by atoms with Crippen LogP contribution in [0.3, 0.4) is 0 Å². The van der Waals surface area contributed by atoms with E-state index in [1.165, 1.54) is 14.2 Å². The van der Waals surface area contributed by atoms with Gasteiger partial charge in [-0.15, -0.1) is 0 Å². The van der Waals surface area contributed by atoms with Crippen molar-refractivity contribution in [1.29, 1.82) is 0 Å². The predicted molar refractivity (Wildman–Crippen MR) is 136 cm³/mol. The van der Waals surface area contributed by atoms with Gasteiger partial charge in [0.2, 0.25) is 5.91 Å². The molecule has 1 N–H and O–H groups in total. The molecule has 6 heteroatoms. The molecule has 0 radical (unpaired) electrons. The average Bonchev–Trinajstić information content (AvgIpc) is 3.14. The molecular weight excluding hydrogens is 442 g/mol. The molecular formula is C29H29NO5. The minimum Gasteiger partial charge on any atom is -0.497 e. The van der Waals surface area contributed by atoms with Crippen LogP contribution in [0, 0.1) is 5.92 Å². The van der Waals surface area contributed by atoms with Crippen LogP contribution in [0.15, 0.2) is 89.4 Å². The second-order valence-corrected chi connectivity index (χ2v) is 8.57. The second-order valence-electron chi connectivity index (χ2n) is 8.57. The minimum atomic E-state index is -0.333. The third kappa shape index (κ3) is 4.64. The number of para-hydroxylation sites is 1. The molecule has 35 heavy (non-hydrogen) atoms. The highest BCUT2D eigenvalue weighted by Crippen LogP contribution is 2.48. The van der Waals surface area contributed by atoms with Crippen LogP contribution in [-0.2, 0) is 19.1 Å². The number of carbonyl (C=O) groups is 2. The number of ketones is 1. The Morgan fingerprint density at radius 2 is 1.63 bits per heavy atom. The number of benzene rings is 2. The van der Waals surface area contributed by atoms with E-state index in [1.807, 2.05) is 68.5 Å². The van der Waals surface area contributed by atoms with Gasteiger partial charge in [0, 0.05) is 17.5 Å². The van der Waals surface area contributed by atoms with Gasteiger partial charge in [0.1, 0.15) is 5.75 Å². The van der Waals surface area contributed by atoms with Crippen LogP contribution in [0.2, 0.25) is 0 Å². The van der Waals surface area contributed by atoms with E-state index in [2.05, 4.69) is 5.32 Å². The minimum absolute atomic E-state index is 0.0605. The standard InChI is InChI=1S/C29H29NO5/c1-17-23(13-19-14-25(34-4)28(31)26(15-19)35-5)22-12-11-21(33-3)16-24(22)27(17)18(2)29(32)30-20-9-7-6-8-10-20/h6-16,18,27H,1-5H3,(H,30,32). The maximum absolute atomic E-state index is 13.2. The zero-order chi connectivity index (χ0) is 25.1. The largest absolute Gasteiger partial charge is 0.497 e. The van der Waals surface area contributed by atoms with E-state index in [0.717, 1.165) is 39.3 Å². The predicted octanol–water partition coefficient (Wildman–Crippen LogP) is 5.41. The molecule has 2 aliphatic rings. The summed E-state index contributed by atoms with van der Waals surface area (Å²) in [5.41, 5.74) is 5.65. The Kier molecular flexibility index (Phi) is 6.92. The number of anilines is 1. The summed E-state index contributed by atoms with van der Waals surface area (Å²) < 4.78 is 16.0. The topological polar surface area (TPSA) is 73.9 Å². The number of hydrogen-bond donors (Lipinski definition) is 1. The molecule has 2 atom stereocenters. The lowest BCUT2D eigenvalue weighted by Gasteiger charge is -2.22. The van der Waals surface area contributed by atoms with Gasteiger partial charge in [0.05, 0.1) is 21.3 Å².